The van der Waals surface area contributed by atoms with Crippen molar-refractivity contribution in [2.24, 2.45) is 15.7 Å². The summed E-state index contributed by atoms with van der Waals surface area (Å²) in [6.45, 7) is 10.8. The molecule has 3 aliphatic rings. The Hall–Kier alpha value is -2.64. The minimum absolute atomic E-state index is 0.165. The van der Waals surface area contributed by atoms with Gasteiger partial charge in [-0.3, -0.25) is 0 Å². The van der Waals surface area contributed by atoms with Crippen molar-refractivity contribution < 1.29 is 9.47 Å². The molecular weight excluding hydrogens is 390 g/mol. The minimum atomic E-state index is 0.165. The molecule has 4 rings (SSSR count). The second-order valence-electron chi connectivity index (χ2n) is 8.51. The number of rotatable bonds is 2. The number of nitrogens with zero attached hydrogens (tertiary/aromatic N) is 4. The lowest BCUT2D eigenvalue weighted by Crippen LogP contribution is -2.52. The summed E-state index contributed by atoms with van der Waals surface area (Å²) in [5.74, 6) is 1.78. The highest BCUT2D eigenvalue weighted by Gasteiger charge is 2.30. The monoisotopic (exact) mass is 423 g/mol. The van der Waals surface area contributed by atoms with Gasteiger partial charge in [0.05, 0.1) is 38.0 Å². The first kappa shape index (κ1) is 21.6. The number of ether oxygens (including phenoxy) is 2. The number of hydrogen-bond acceptors (Lipinski definition) is 7. The lowest BCUT2D eigenvalue weighted by molar-refractivity contribution is -0.0484. The van der Waals surface area contributed by atoms with E-state index in [-0.39, 0.29) is 18.2 Å². The van der Waals surface area contributed by atoms with Gasteiger partial charge in [0.1, 0.15) is 5.84 Å². The molecule has 0 aromatic heterocycles. The third-order valence-corrected chi connectivity index (χ3v) is 5.80. The zero-order valence-electron chi connectivity index (χ0n) is 18.7. The van der Waals surface area contributed by atoms with Crippen molar-refractivity contribution in [3.05, 3.63) is 53.6 Å². The van der Waals surface area contributed by atoms with E-state index >= 15 is 0 Å². The largest absolute Gasteiger partial charge is 0.398 e. The normalized spacial score (nSPS) is 29.1. The molecule has 3 atom stereocenters. The number of nitrogens with two attached hydrogens (primary N) is 1. The van der Waals surface area contributed by atoms with Gasteiger partial charge in [0.25, 0.3) is 0 Å². The number of morpholine rings is 2. The fourth-order valence-electron chi connectivity index (χ4n) is 4.28. The molecule has 0 spiro atoms. The van der Waals surface area contributed by atoms with Crippen LogP contribution >= 0.6 is 0 Å². The van der Waals surface area contributed by atoms with Crippen LogP contribution in [0.5, 0.6) is 0 Å². The summed E-state index contributed by atoms with van der Waals surface area (Å²) in [6, 6.07) is 10.3. The van der Waals surface area contributed by atoms with Crippen LogP contribution in [0, 0.1) is 0 Å². The minimum Gasteiger partial charge on any atom is -0.398 e. The van der Waals surface area contributed by atoms with Gasteiger partial charge < -0.3 is 25.0 Å². The van der Waals surface area contributed by atoms with Crippen LogP contribution in [0.2, 0.25) is 0 Å². The van der Waals surface area contributed by atoms with Crippen LogP contribution in [-0.2, 0) is 9.47 Å². The van der Waals surface area contributed by atoms with Gasteiger partial charge >= 0.3 is 0 Å². The van der Waals surface area contributed by atoms with Gasteiger partial charge in [-0.1, -0.05) is 36.4 Å². The molecule has 0 unspecified atom stereocenters. The highest BCUT2D eigenvalue weighted by molar-refractivity contribution is 6.08. The molecule has 2 N–H and O–H groups in total. The van der Waals surface area contributed by atoms with E-state index in [2.05, 4.69) is 36.6 Å². The molecule has 166 valence electrons. The molecular formula is C24H33N5O2. The summed E-state index contributed by atoms with van der Waals surface area (Å²) in [6.07, 6.45) is 4.36. The van der Waals surface area contributed by atoms with Crippen LogP contribution in [0.15, 0.2) is 58.0 Å². The Morgan fingerprint density at radius 3 is 2.58 bits per heavy atom. The summed E-state index contributed by atoms with van der Waals surface area (Å²) < 4.78 is 11.6. The Morgan fingerprint density at radius 1 is 1.13 bits per heavy atom. The van der Waals surface area contributed by atoms with Gasteiger partial charge in [-0.15, -0.1) is 0 Å². The van der Waals surface area contributed by atoms with Gasteiger partial charge in [-0.2, -0.15) is 4.99 Å². The number of amidine groups is 1. The topological polar surface area (TPSA) is 75.7 Å². The summed E-state index contributed by atoms with van der Waals surface area (Å²) >= 11 is 0. The number of hydrogen-bond donors (Lipinski definition) is 1. The van der Waals surface area contributed by atoms with Crippen molar-refractivity contribution in [2.45, 2.75) is 39.0 Å². The SMILES string of the molecule is C[C@@H]1CN(C2=NC/C(=C\C=C(/N)c3ccccc3)C(N3CCOC[C@@H]3C)=N2)C[C@H](C)O1. The third kappa shape index (κ3) is 5.17. The zero-order valence-corrected chi connectivity index (χ0v) is 18.7. The van der Waals surface area contributed by atoms with Crippen LogP contribution in [0.1, 0.15) is 26.3 Å². The second-order valence-corrected chi connectivity index (χ2v) is 8.51. The van der Waals surface area contributed by atoms with Gasteiger partial charge in [0.15, 0.2) is 0 Å². The van der Waals surface area contributed by atoms with Crippen molar-refractivity contribution in [1.29, 1.82) is 0 Å². The maximum Gasteiger partial charge on any atom is 0.223 e. The molecule has 0 amide bonds. The van der Waals surface area contributed by atoms with Crippen LogP contribution in [0.3, 0.4) is 0 Å². The maximum atomic E-state index is 6.32. The van der Waals surface area contributed by atoms with Crippen LogP contribution in [0.4, 0.5) is 0 Å². The third-order valence-electron chi connectivity index (χ3n) is 5.80. The molecule has 3 aliphatic heterocycles. The zero-order chi connectivity index (χ0) is 21.8. The van der Waals surface area contributed by atoms with Gasteiger partial charge in [-0.05, 0) is 32.4 Å². The summed E-state index contributed by atoms with van der Waals surface area (Å²) in [5, 5.41) is 0. The molecule has 1 aromatic carbocycles. The van der Waals surface area contributed by atoms with E-state index in [0.29, 0.717) is 19.8 Å². The molecule has 31 heavy (non-hydrogen) atoms. The Labute approximate surface area is 184 Å². The lowest BCUT2D eigenvalue weighted by Gasteiger charge is -2.40. The summed E-state index contributed by atoms with van der Waals surface area (Å²) in [5.41, 5.74) is 9.14. The predicted molar refractivity (Wildman–Crippen MR) is 125 cm³/mol. The molecule has 1 aromatic rings. The number of aliphatic imine (C=N–C) groups is 2. The van der Waals surface area contributed by atoms with Crippen molar-refractivity contribution >= 4 is 17.5 Å². The lowest BCUT2D eigenvalue weighted by atomic mass is 10.1. The van der Waals surface area contributed by atoms with E-state index in [1.165, 1.54) is 0 Å². The molecule has 0 aliphatic carbocycles. The Morgan fingerprint density at radius 2 is 1.87 bits per heavy atom. The molecule has 0 saturated carbocycles. The highest BCUT2D eigenvalue weighted by atomic mass is 16.5. The van der Waals surface area contributed by atoms with Crippen molar-refractivity contribution in [3.8, 4) is 0 Å². The first-order chi connectivity index (χ1) is 15.0. The van der Waals surface area contributed by atoms with Crippen molar-refractivity contribution in [1.82, 2.24) is 9.80 Å². The van der Waals surface area contributed by atoms with Crippen LogP contribution in [-0.4, -0.2) is 79.2 Å². The van der Waals surface area contributed by atoms with E-state index in [1.807, 2.05) is 36.4 Å². The van der Waals surface area contributed by atoms with Crippen LogP contribution in [0.25, 0.3) is 5.70 Å². The quantitative estimate of drug-likeness (QED) is 0.791. The Bertz CT molecular complexity index is 882. The molecule has 0 radical (unpaired) electrons. The van der Waals surface area contributed by atoms with E-state index < -0.39 is 0 Å². The first-order valence-electron chi connectivity index (χ1n) is 11.1. The van der Waals surface area contributed by atoms with E-state index in [1.54, 1.807) is 0 Å². The first-order valence-corrected chi connectivity index (χ1v) is 11.1. The number of allylic oxidation sites excluding steroid dienone is 2. The molecule has 3 heterocycles. The maximum absolute atomic E-state index is 6.32. The molecule has 7 nitrogen and oxygen atoms in total. The average molecular weight is 424 g/mol. The van der Waals surface area contributed by atoms with E-state index in [4.69, 9.17) is 25.2 Å². The molecule has 2 fully saturated rings. The molecule has 2 saturated heterocycles. The van der Waals surface area contributed by atoms with Gasteiger partial charge in [-0.25, -0.2) is 4.99 Å². The van der Waals surface area contributed by atoms with E-state index in [0.717, 1.165) is 48.3 Å². The van der Waals surface area contributed by atoms with Crippen molar-refractivity contribution in [2.75, 3.05) is 39.4 Å². The smallest absolute Gasteiger partial charge is 0.223 e. The standard InChI is InChI=1S/C24H33N5O2/c1-17-16-30-12-11-29(17)23-21(9-10-22(25)20-7-5-4-6-8-20)13-26-24(27-23)28-14-18(2)31-19(3)15-28/h4-10,17-19H,11-16,25H2,1-3H3/b21-9+,22-10-/t17-,18-,19+/m0/s1. The Kier molecular flexibility index (Phi) is 6.73. The Balaban J connectivity index is 1.63. The highest BCUT2D eigenvalue weighted by Crippen LogP contribution is 2.20. The van der Waals surface area contributed by atoms with Crippen molar-refractivity contribution in [3.63, 3.8) is 0 Å². The van der Waals surface area contributed by atoms with Gasteiger partial charge in [0, 0.05) is 30.9 Å². The second kappa shape index (κ2) is 9.66. The van der Waals surface area contributed by atoms with E-state index in [9.17, 15) is 0 Å². The number of benzene rings is 1. The fourth-order valence-corrected chi connectivity index (χ4v) is 4.28. The van der Waals surface area contributed by atoms with Crippen LogP contribution < -0.4 is 5.73 Å². The predicted octanol–water partition coefficient (Wildman–Crippen LogP) is 2.51. The fraction of sp³-hybridized carbons (Fsp3) is 0.500. The molecule has 7 heteroatoms. The van der Waals surface area contributed by atoms with Gasteiger partial charge in [0.2, 0.25) is 5.96 Å². The molecule has 0 bridgehead atoms. The average Bonchev–Trinajstić information content (AvgIpc) is 2.78. The summed E-state index contributed by atoms with van der Waals surface area (Å²) in [7, 11) is 0. The number of guanidine groups is 1. The summed E-state index contributed by atoms with van der Waals surface area (Å²) in [4.78, 5) is 14.5.